The monoisotopic (exact) mass is 606 g/mol. The van der Waals surface area contributed by atoms with Crippen molar-refractivity contribution < 1.29 is 29.3 Å². The maximum atomic E-state index is 13.4. The number of carbonyl (C=O) groups excluding carboxylic acids is 2. The minimum absolute atomic E-state index is 0.121. The second kappa shape index (κ2) is 14.7. The number of H-pyrrole nitrogens is 2. The van der Waals surface area contributed by atoms with Gasteiger partial charge in [0, 0.05) is 24.6 Å². The van der Waals surface area contributed by atoms with Crippen molar-refractivity contribution in [3.63, 3.8) is 0 Å². The number of ether oxygens (including phenoxy) is 2. The van der Waals surface area contributed by atoms with Gasteiger partial charge >= 0.3 is 11.9 Å². The highest BCUT2D eigenvalue weighted by Gasteiger charge is 2.32. The fourth-order valence-corrected chi connectivity index (χ4v) is 5.80. The van der Waals surface area contributed by atoms with Crippen LogP contribution in [0.1, 0.15) is 77.2 Å². The van der Waals surface area contributed by atoms with Crippen LogP contribution in [-0.2, 0) is 35.5 Å². The Morgan fingerprint density at radius 3 is 1.38 bits per heavy atom. The van der Waals surface area contributed by atoms with Crippen molar-refractivity contribution >= 4 is 11.9 Å². The summed E-state index contributed by atoms with van der Waals surface area (Å²) >= 11 is 0. The van der Waals surface area contributed by atoms with Gasteiger partial charge in [-0.3, -0.25) is 0 Å². The Balaban J connectivity index is 1.58. The molecule has 0 amide bonds. The summed E-state index contributed by atoms with van der Waals surface area (Å²) < 4.78 is 11.4. The van der Waals surface area contributed by atoms with Crippen LogP contribution in [0.25, 0.3) is 0 Å². The highest BCUT2D eigenvalue weighted by atomic mass is 16.5. The topological polar surface area (TPSA) is 125 Å². The van der Waals surface area contributed by atoms with Gasteiger partial charge in [0.15, 0.2) is 0 Å². The average molecular weight is 607 g/mol. The number of aliphatic hydroxyl groups is 2. The van der Waals surface area contributed by atoms with Crippen molar-refractivity contribution in [3.05, 3.63) is 153 Å². The van der Waals surface area contributed by atoms with Crippen LogP contribution >= 0.6 is 0 Å². The largest absolute Gasteiger partial charge is 0.456 e. The summed E-state index contributed by atoms with van der Waals surface area (Å²) in [4.78, 5) is 33.5. The van der Waals surface area contributed by atoms with E-state index in [2.05, 4.69) is 9.97 Å². The van der Waals surface area contributed by atoms with E-state index in [9.17, 15) is 19.8 Å². The fraction of sp³-hybridized carbons (Fsp3) is 0.243. The minimum Gasteiger partial charge on any atom is -0.456 e. The Morgan fingerprint density at radius 2 is 1.00 bits per heavy atom. The number of aromatic nitrogens is 2. The van der Waals surface area contributed by atoms with Gasteiger partial charge in [-0.25, -0.2) is 9.59 Å². The van der Waals surface area contributed by atoms with Crippen LogP contribution in [-0.4, -0.2) is 45.3 Å². The van der Waals surface area contributed by atoms with E-state index in [1.807, 2.05) is 105 Å². The van der Waals surface area contributed by atoms with Crippen molar-refractivity contribution in [3.8, 4) is 0 Å². The fourth-order valence-electron chi connectivity index (χ4n) is 5.80. The van der Waals surface area contributed by atoms with E-state index < -0.39 is 17.9 Å². The molecule has 0 atom stereocenters. The molecule has 5 rings (SSSR count). The molecule has 0 aliphatic rings. The molecule has 2 aromatic heterocycles. The Hall–Kier alpha value is -4.92. The zero-order valence-electron chi connectivity index (χ0n) is 25.5. The van der Waals surface area contributed by atoms with Gasteiger partial charge in [0.2, 0.25) is 0 Å². The van der Waals surface area contributed by atoms with Crippen LogP contribution in [0.4, 0.5) is 0 Å². The summed E-state index contributed by atoms with van der Waals surface area (Å²) in [7, 11) is 0. The molecule has 0 radical (unpaired) electrons. The van der Waals surface area contributed by atoms with E-state index in [4.69, 9.17) is 9.47 Å². The smallest absolute Gasteiger partial charge is 0.355 e. The summed E-state index contributed by atoms with van der Waals surface area (Å²) in [5.74, 6) is -1.49. The quantitative estimate of drug-likeness (QED) is 0.123. The van der Waals surface area contributed by atoms with Crippen LogP contribution < -0.4 is 0 Å². The summed E-state index contributed by atoms with van der Waals surface area (Å²) in [5.41, 5.74) is 7.59. The summed E-state index contributed by atoms with van der Waals surface area (Å²) in [6.07, 6.45) is 0.599. The third-order valence-corrected chi connectivity index (χ3v) is 8.09. The van der Waals surface area contributed by atoms with Crippen LogP contribution in [0.3, 0.4) is 0 Å². The highest BCUT2D eigenvalue weighted by molar-refractivity contribution is 5.91. The number of rotatable bonds is 13. The Morgan fingerprint density at radius 1 is 0.622 bits per heavy atom. The van der Waals surface area contributed by atoms with Crippen molar-refractivity contribution in [1.82, 2.24) is 9.97 Å². The molecule has 232 valence electrons. The summed E-state index contributed by atoms with van der Waals surface area (Å²) in [6.45, 7) is 3.66. The molecule has 5 aromatic rings. The van der Waals surface area contributed by atoms with Gasteiger partial charge < -0.3 is 29.7 Å². The standard InChI is InChI=1S/C37H38N2O6/c1-24-29(18-20-40)34(38-32(24)36(42)44-22-26-12-6-3-7-13-26)31(28-16-10-5-11-17-28)35-30(19-21-41)25(2)33(39-35)37(43)45-23-27-14-8-4-9-15-27/h3-17,31,38-41H,18-23H2,1-2H3. The first-order chi connectivity index (χ1) is 21.9. The molecule has 0 saturated heterocycles. The zero-order chi connectivity index (χ0) is 31.8. The summed E-state index contributed by atoms with van der Waals surface area (Å²) in [6, 6.07) is 28.6. The first-order valence-corrected chi connectivity index (χ1v) is 15.0. The molecule has 0 aliphatic heterocycles. The first kappa shape index (κ1) is 31.5. The van der Waals surface area contributed by atoms with Crippen molar-refractivity contribution in [1.29, 1.82) is 0 Å². The molecular formula is C37H38N2O6. The molecule has 0 aliphatic carbocycles. The number of aromatic amines is 2. The third kappa shape index (κ3) is 7.09. The molecule has 0 saturated carbocycles. The second-order valence-electron chi connectivity index (χ2n) is 10.9. The Kier molecular flexibility index (Phi) is 10.3. The molecule has 3 aromatic carbocycles. The third-order valence-electron chi connectivity index (χ3n) is 8.09. The predicted molar refractivity (Wildman–Crippen MR) is 171 cm³/mol. The molecule has 45 heavy (non-hydrogen) atoms. The molecule has 0 bridgehead atoms. The molecule has 0 spiro atoms. The van der Waals surface area contributed by atoms with Crippen molar-refractivity contribution in [2.75, 3.05) is 13.2 Å². The normalized spacial score (nSPS) is 11.1. The van der Waals surface area contributed by atoms with E-state index in [1.54, 1.807) is 0 Å². The van der Waals surface area contributed by atoms with Crippen molar-refractivity contribution in [2.24, 2.45) is 0 Å². The molecule has 2 heterocycles. The van der Waals surface area contributed by atoms with Gasteiger partial charge in [-0.1, -0.05) is 91.0 Å². The van der Waals surface area contributed by atoms with E-state index >= 15 is 0 Å². The molecule has 8 nitrogen and oxygen atoms in total. The number of hydrogen-bond donors (Lipinski definition) is 4. The van der Waals surface area contributed by atoms with Crippen molar-refractivity contribution in [2.45, 2.75) is 45.8 Å². The predicted octanol–water partition coefficient (Wildman–Crippen LogP) is 5.92. The van der Waals surface area contributed by atoms with Crippen LogP contribution in [0.15, 0.2) is 91.0 Å². The van der Waals surface area contributed by atoms with Gasteiger partial charge in [0.1, 0.15) is 24.6 Å². The van der Waals surface area contributed by atoms with Gasteiger partial charge in [-0.05, 0) is 65.6 Å². The first-order valence-electron chi connectivity index (χ1n) is 15.0. The summed E-state index contributed by atoms with van der Waals surface area (Å²) in [5, 5.41) is 20.1. The highest BCUT2D eigenvalue weighted by Crippen LogP contribution is 2.39. The van der Waals surface area contributed by atoms with E-state index in [1.165, 1.54) is 0 Å². The molecule has 4 N–H and O–H groups in total. The molecular weight excluding hydrogens is 568 g/mol. The van der Waals surface area contributed by atoms with Gasteiger partial charge in [-0.15, -0.1) is 0 Å². The van der Waals surface area contributed by atoms with E-state index in [0.29, 0.717) is 46.7 Å². The van der Waals surface area contributed by atoms with Gasteiger partial charge in [0.05, 0.1) is 5.92 Å². The number of nitrogens with one attached hydrogen (secondary N) is 2. The minimum atomic E-state index is -0.503. The lowest BCUT2D eigenvalue weighted by molar-refractivity contribution is 0.0457. The number of carbonyl (C=O) groups is 2. The van der Waals surface area contributed by atoms with Gasteiger partial charge in [-0.2, -0.15) is 0 Å². The average Bonchev–Trinajstić information content (AvgIpc) is 3.56. The van der Waals surface area contributed by atoms with E-state index in [0.717, 1.165) is 27.8 Å². The maximum absolute atomic E-state index is 13.4. The SMILES string of the molecule is Cc1c(C(=O)OCc2ccccc2)[nH]c(C(c2ccccc2)c2[nH]c(C(=O)OCc3ccccc3)c(C)c2CCO)c1CCO. The molecule has 0 fully saturated rings. The van der Waals surface area contributed by atoms with Crippen LogP contribution in [0.5, 0.6) is 0 Å². The number of benzene rings is 3. The maximum Gasteiger partial charge on any atom is 0.355 e. The number of aliphatic hydroxyl groups excluding tert-OH is 2. The zero-order valence-corrected chi connectivity index (χ0v) is 25.5. The van der Waals surface area contributed by atoms with Crippen LogP contribution in [0.2, 0.25) is 0 Å². The Labute approximate surface area is 262 Å². The second-order valence-corrected chi connectivity index (χ2v) is 10.9. The lowest BCUT2D eigenvalue weighted by Crippen LogP contribution is -2.12. The lowest BCUT2D eigenvalue weighted by Gasteiger charge is -2.20. The molecule has 8 heteroatoms. The molecule has 0 unspecified atom stereocenters. The Bertz CT molecular complexity index is 1620. The van der Waals surface area contributed by atoms with E-state index in [-0.39, 0.29) is 26.4 Å². The number of esters is 2. The number of hydrogen-bond acceptors (Lipinski definition) is 6. The van der Waals surface area contributed by atoms with Gasteiger partial charge in [0.25, 0.3) is 0 Å². The van der Waals surface area contributed by atoms with Crippen LogP contribution in [0, 0.1) is 13.8 Å². The lowest BCUT2D eigenvalue weighted by atomic mass is 9.86.